The molecule has 1 amide bonds. The van der Waals surface area contributed by atoms with Crippen LogP contribution in [0.25, 0.3) is 0 Å². The molecule has 1 saturated heterocycles. The van der Waals surface area contributed by atoms with Crippen LogP contribution in [0.3, 0.4) is 0 Å². The van der Waals surface area contributed by atoms with Gasteiger partial charge in [-0.1, -0.05) is 25.7 Å². The zero-order valence-electron chi connectivity index (χ0n) is 13.1. The van der Waals surface area contributed by atoms with Crippen molar-refractivity contribution in [2.45, 2.75) is 51.4 Å². The molecular weight excluding hydrogens is 250 g/mol. The number of hydrogen-bond donors (Lipinski definition) is 1. The molecule has 2 rings (SSSR count). The van der Waals surface area contributed by atoms with E-state index < -0.39 is 0 Å². The van der Waals surface area contributed by atoms with Gasteiger partial charge >= 0.3 is 0 Å². The van der Waals surface area contributed by atoms with Crippen LogP contribution in [0.2, 0.25) is 0 Å². The molecule has 0 unspecified atom stereocenters. The molecule has 2 fully saturated rings. The molecule has 0 radical (unpaired) electrons. The van der Waals surface area contributed by atoms with Crippen molar-refractivity contribution < 1.29 is 4.79 Å². The van der Waals surface area contributed by atoms with E-state index in [-0.39, 0.29) is 5.41 Å². The fourth-order valence-corrected chi connectivity index (χ4v) is 3.71. The number of likely N-dealkylation sites (tertiary alicyclic amines) is 1. The first-order valence-electron chi connectivity index (χ1n) is 8.36. The van der Waals surface area contributed by atoms with Gasteiger partial charge in [-0.2, -0.15) is 0 Å². The van der Waals surface area contributed by atoms with Gasteiger partial charge in [0.2, 0.25) is 5.91 Å². The highest BCUT2D eigenvalue weighted by Crippen LogP contribution is 2.35. The van der Waals surface area contributed by atoms with Crippen molar-refractivity contribution in [2.75, 3.05) is 39.8 Å². The summed E-state index contributed by atoms with van der Waals surface area (Å²) in [6, 6.07) is 0. The minimum Gasteiger partial charge on any atom is -0.344 e. The van der Waals surface area contributed by atoms with Crippen molar-refractivity contribution in [3.05, 3.63) is 0 Å². The van der Waals surface area contributed by atoms with Crippen LogP contribution in [0.1, 0.15) is 51.4 Å². The first kappa shape index (κ1) is 15.8. The van der Waals surface area contributed by atoms with Gasteiger partial charge in [-0.25, -0.2) is 0 Å². The van der Waals surface area contributed by atoms with E-state index in [4.69, 9.17) is 5.73 Å². The molecule has 1 aliphatic heterocycles. The van der Waals surface area contributed by atoms with E-state index in [1.807, 2.05) is 11.9 Å². The van der Waals surface area contributed by atoms with Crippen molar-refractivity contribution >= 4 is 5.91 Å². The summed E-state index contributed by atoms with van der Waals surface area (Å²) in [7, 11) is 1.96. The largest absolute Gasteiger partial charge is 0.344 e. The van der Waals surface area contributed by atoms with Crippen LogP contribution in [-0.4, -0.2) is 55.5 Å². The van der Waals surface area contributed by atoms with Gasteiger partial charge in [0.15, 0.2) is 0 Å². The first-order valence-corrected chi connectivity index (χ1v) is 8.36. The maximum Gasteiger partial charge on any atom is 0.229 e. The highest BCUT2D eigenvalue weighted by Gasteiger charge is 2.39. The van der Waals surface area contributed by atoms with E-state index in [9.17, 15) is 4.79 Å². The van der Waals surface area contributed by atoms with Crippen molar-refractivity contribution in [1.29, 1.82) is 0 Å². The van der Waals surface area contributed by atoms with Gasteiger partial charge in [-0.3, -0.25) is 4.79 Å². The Morgan fingerprint density at radius 1 is 1.10 bits per heavy atom. The molecule has 1 heterocycles. The summed E-state index contributed by atoms with van der Waals surface area (Å²) in [6.07, 6.45) is 9.41. The number of nitrogens with zero attached hydrogens (tertiary/aromatic N) is 2. The summed E-state index contributed by atoms with van der Waals surface area (Å²) in [6.45, 7) is 4.78. The second kappa shape index (κ2) is 7.41. The minimum atomic E-state index is -0.268. The third-order valence-corrected chi connectivity index (χ3v) is 5.20. The predicted molar refractivity (Wildman–Crippen MR) is 82.5 cm³/mol. The topological polar surface area (TPSA) is 49.6 Å². The maximum absolute atomic E-state index is 12.8. The molecule has 0 atom stereocenters. The molecule has 4 nitrogen and oxygen atoms in total. The Balaban J connectivity index is 1.88. The molecule has 116 valence electrons. The Labute approximate surface area is 123 Å². The quantitative estimate of drug-likeness (QED) is 0.782. The Morgan fingerprint density at radius 3 is 2.25 bits per heavy atom. The second-order valence-electron chi connectivity index (χ2n) is 6.67. The smallest absolute Gasteiger partial charge is 0.229 e. The summed E-state index contributed by atoms with van der Waals surface area (Å²) in [5, 5.41) is 0. The van der Waals surface area contributed by atoms with Crippen LogP contribution in [0.5, 0.6) is 0 Å². The van der Waals surface area contributed by atoms with Crippen LogP contribution in [0.4, 0.5) is 0 Å². The first-order chi connectivity index (χ1) is 9.68. The summed E-state index contributed by atoms with van der Waals surface area (Å²) >= 11 is 0. The minimum absolute atomic E-state index is 0.268. The summed E-state index contributed by atoms with van der Waals surface area (Å²) in [5.74, 6) is 0.293. The Hall–Kier alpha value is -0.610. The lowest BCUT2D eigenvalue weighted by atomic mass is 9.79. The number of hydrogen-bond acceptors (Lipinski definition) is 3. The zero-order chi connectivity index (χ0) is 14.4. The number of carbonyl (C=O) groups excluding carboxylic acids is 1. The van der Waals surface area contributed by atoms with Gasteiger partial charge in [0.05, 0.1) is 5.41 Å². The Morgan fingerprint density at radius 2 is 1.70 bits per heavy atom. The summed E-state index contributed by atoms with van der Waals surface area (Å²) in [4.78, 5) is 17.2. The molecule has 0 aromatic heterocycles. The summed E-state index contributed by atoms with van der Waals surface area (Å²) in [5.41, 5.74) is 5.74. The fraction of sp³-hybridized carbons (Fsp3) is 0.938. The van der Waals surface area contributed by atoms with Gasteiger partial charge in [-0.15, -0.1) is 0 Å². The van der Waals surface area contributed by atoms with Crippen molar-refractivity contribution in [2.24, 2.45) is 11.1 Å². The van der Waals surface area contributed by atoms with Gasteiger partial charge in [0.1, 0.15) is 0 Å². The molecule has 0 spiro atoms. The average Bonchev–Trinajstić information content (AvgIpc) is 2.87. The molecular formula is C16H31N3O. The fourth-order valence-electron chi connectivity index (χ4n) is 3.71. The summed E-state index contributed by atoms with van der Waals surface area (Å²) < 4.78 is 0. The third-order valence-electron chi connectivity index (χ3n) is 5.20. The molecule has 0 aromatic rings. The lowest BCUT2D eigenvalue weighted by molar-refractivity contribution is -0.141. The lowest BCUT2D eigenvalue weighted by Gasteiger charge is -2.34. The van der Waals surface area contributed by atoms with Gasteiger partial charge in [-0.05, 0) is 38.8 Å². The normalized spacial score (nSPS) is 23.5. The van der Waals surface area contributed by atoms with Gasteiger partial charge in [0.25, 0.3) is 0 Å². The monoisotopic (exact) mass is 281 g/mol. The van der Waals surface area contributed by atoms with E-state index in [0.29, 0.717) is 12.5 Å². The Kier molecular flexibility index (Phi) is 5.85. The average molecular weight is 281 g/mol. The van der Waals surface area contributed by atoms with Crippen LogP contribution < -0.4 is 5.73 Å². The number of rotatable bonds is 5. The van der Waals surface area contributed by atoms with Crippen molar-refractivity contribution in [3.8, 4) is 0 Å². The number of nitrogens with two attached hydrogens (primary N) is 1. The van der Waals surface area contributed by atoms with Crippen LogP contribution in [0.15, 0.2) is 0 Å². The molecule has 2 aliphatic rings. The highest BCUT2D eigenvalue weighted by atomic mass is 16.2. The molecule has 1 aliphatic carbocycles. The SMILES string of the molecule is CN(CCN1CCCC1)C(=O)C1(CN)CCCCCC1. The second-order valence-corrected chi connectivity index (χ2v) is 6.67. The van der Waals surface area contributed by atoms with Crippen LogP contribution in [-0.2, 0) is 4.79 Å². The maximum atomic E-state index is 12.8. The lowest BCUT2D eigenvalue weighted by Crippen LogP contribution is -2.48. The molecule has 1 saturated carbocycles. The highest BCUT2D eigenvalue weighted by molar-refractivity contribution is 5.82. The third kappa shape index (κ3) is 3.73. The Bertz CT molecular complexity index is 305. The molecule has 0 bridgehead atoms. The van der Waals surface area contributed by atoms with Crippen LogP contribution >= 0.6 is 0 Å². The standard InChI is InChI=1S/C16H31N3O/c1-18(12-13-19-10-6-7-11-19)15(20)16(14-17)8-4-2-3-5-9-16/h2-14,17H2,1H3. The molecule has 2 N–H and O–H groups in total. The molecule has 0 aromatic carbocycles. The van der Waals surface area contributed by atoms with Gasteiger partial charge < -0.3 is 15.5 Å². The van der Waals surface area contributed by atoms with E-state index in [2.05, 4.69) is 4.90 Å². The van der Waals surface area contributed by atoms with Crippen LogP contribution in [0, 0.1) is 5.41 Å². The van der Waals surface area contributed by atoms with E-state index in [1.165, 1.54) is 38.8 Å². The van der Waals surface area contributed by atoms with E-state index in [0.717, 1.165) is 38.8 Å². The van der Waals surface area contributed by atoms with Gasteiger partial charge in [0, 0.05) is 26.7 Å². The number of amides is 1. The van der Waals surface area contributed by atoms with E-state index >= 15 is 0 Å². The number of likely N-dealkylation sites (N-methyl/N-ethyl adjacent to an activating group) is 1. The van der Waals surface area contributed by atoms with Crippen molar-refractivity contribution in [1.82, 2.24) is 9.80 Å². The molecule has 4 heteroatoms. The zero-order valence-corrected chi connectivity index (χ0v) is 13.1. The number of carbonyl (C=O) groups is 1. The van der Waals surface area contributed by atoms with E-state index in [1.54, 1.807) is 0 Å². The predicted octanol–water partition coefficient (Wildman–Crippen LogP) is 1.84. The molecule has 20 heavy (non-hydrogen) atoms. The van der Waals surface area contributed by atoms with Crippen molar-refractivity contribution in [3.63, 3.8) is 0 Å².